The third-order valence-electron chi connectivity index (χ3n) is 6.12. The Hall–Kier alpha value is -4.39. The van der Waals surface area contributed by atoms with Gasteiger partial charge in [0.25, 0.3) is 0 Å². The van der Waals surface area contributed by atoms with Gasteiger partial charge >= 0.3 is 0 Å². The van der Waals surface area contributed by atoms with E-state index in [4.69, 9.17) is 19.7 Å². The second-order valence-electron chi connectivity index (χ2n) is 8.28. The van der Waals surface area contributed by atoms with Crippen LogP contribution < -0.4 is 9.47 Å². The molecule has 0 N–H and O–H groups in total. The molecule has 3 aromatic carbocycles. The number of ether oxygens (including phenoxy) is 2. The number of rotatable bonds is 6. The van der Waals surface area contributed by atoms with E-state index in [0.29, 0.717) is 17.9 Å². The zero-order valence-electron chi connectivity index (χ0n) is 19.9. The van der Waals surface area contributed by atoms with Gasteiger partial charge in [0.2, 0.25) is 5.91 Å². The first-order valence-corrected chi connectivity index (χ1v) is 11.4. The zero-order chi connectivity index (χ0) is 24.4. The molecule has 0 saturated carbocycles. The van der Waals surface area contributed by atoms with Crippen LogP contribution in [0.25, 0.3) is 16.9 Å². The number of hydrogen-bond acceptors (Lipinski definition) is 5. The van der Waals surface area contributed by atoms with Gasteiger partial charge in [0.1, 0.15) is 0 Å². The van der Waals surface area contributed by atoms with Crippen LogP contribution >= 0.6 is 0 Å². The second-order valence-corrected chi connectivity index (χ2v) is 8.28. The summed E-state index contributed by atoms with van der Waals surface area (Å²) in [6.45, 7) is 1.54. The number of benzene rings is 3. The number of hydrazone groups is 1. The highest BCUT2D eigenvalue weighted by molar-refractivity contribution is 6.03. The predicted octanol–water partition coefficient (Wildman–Crippen LogP) is 5.25. The first kappa shape index (κ1) is 22.4. The van der Waals surface area contributed by atoms with Crippen LogP contribution in [0.5, 0.6) is 11.5 Å². The van der Waals surface area contributed by atoms with E-state index in [-0.39, 0.29) is 11.9 Å². The molecule has 0 unspecified atom stereocenters. The third kappa shape index (κ3) is 4.28. The molecule has 4 aromatic rings. The molecule has 35 heavy (non-hydrogen) atoms. The molecular formula is C28H26N4O3. The van der Waals surface area contributed by atoms with Crippen LogP contribution in [0, 0.1) is 0 Å². The van der Waals surface area contributed by atoms with E-state index in [2.05, 4.69) is 0 Å². The summed E-state index contributed by atoms with van der Waals surface area (Å²) in [7, 11) is 3.21. The molecule has 176 valence electrons. The summed E-state index contributed by atoms with van der Waals surface area (Å²) in [6, 6.07) is 25.4. The van der Waals surface area contributed by atoms with Gasteiger partial charge in [-0.1, -0.05) is 48.5 Å². The number of aromatic nitrogens is 2. The minimum atomic E-state index is -0.289. The summed E-state index contributed by atoms with van der Waals surface area (Å²) in [6.07, 6.45) is 2.56. The second kappa shape index (κ2) is 9.46. The lowest BCUT2D eigenvalue weighted by atomic mass is 9.96. The van der Waals surface area contributed by atoms with Crippen LogP contribution in [0.15, 0.2) is 90.2 Å². The number of para-hydroxylation sites is 1. The van der Waals surface area contributed by atoms with E-state index >= 15 is 0 Å². The van der Waals surface area contributed by atoms with Crippen molar-refractivity contribution >= 4 is 11.6 Å². The Morgan fingerprint density at radius 2 is 1.57 bits per heavy atom. The van der Waals surface area contributed by atoms with Crippen LogP contribution in [0.2, 0.25) is 0 Å². The topological polar surface area (TPSA) is 69.0 Å². The fraction of sp³-hybridized carbons (Fsp3) is 0.179. The molecule has 5 rings (SSSR count). The van der Waals surface area contributed by atoms with Crippen LogP contribution in [0.1, 0.15) is 30.5 Å². The van der Waals surface area contributed by atoms with Crippen molar-refractivity contribution in [3.05, 3.63) is 96.2 Å². The normalized spacial score (nSPS) is 15.1. The first-order chi connectivity index (χ1) is 17.1. The van der Waals surface area contributed by atoms with Crippen molar-refractivity contribution in [3.63, 3.8) is 0 Å². The Bertz CT molecular complexity index is 1380. The molecule has 0 aliphatic carbocycles. The smallest absolute Gasteiger partial charge is 0.240 e. The molecule has 0 fully saturated rings. The monoisotopic (exact) mass is 466 g/mol. The molecule has 1 aromatic heterocycles. The van der Waals surface area contributed by atoms with E-state index in [1.54, 1.807) is 19.2 Å². The summed E-state index contributed by atoms with van der Waals surface area (Å²) in [4.78, 5) is 12.7. The van der Waals surface area contributed by atoms with Gasteiger partial charge in [-0.2, -0.15) is 10.2 Å². The SMILES string of the molecule is COc1ccc(C2=NN(C(C)=O)[C@H](c3cn(-c4ccccc4)nc3-c3ccccc3)C2)cc1OC. The maximum atomic E-state index is 12.7. The molecule has 1 aliphatic rings. The number of carbonyl (C=O) groups is 1. The molecule has 0 radical (unpaired) electrons. The van der Waals surface area contributed by atoms with Gasteiger partial charge in [-0.25, -0.2) is 9.69 Å². The highest BCUT2D eigenvalue weighted by Gasteiger charge is 2.35. The Morgan fingerprint density at radius 3 is 2.23 bits per heavy atom. The molecule has 7 heteroatoms. The fourth-order valence-electron chi connectivity index (χ4n) is 4.40. The highest BCUT2D eigenvalue weighted by atomic mass is 16.5. The van der Waals surface area contributed by atoms with Crippen molar-refractivity contribution < 1.29 is 14.3 Å². The van der Waals surface area contributed by atoms with Gasteiger partial charge in [0, 0.05) is 36.2 Å². The Morgan fingerprint density at radius 1 is 0.886 bits per heavy atom. The average molecular weight is 467 g/mol. The minimum absolute atomic E-state index is 0.128. The van der Waals surface area contributed by atoms with E-state index in [1.165, 1.54) is 6.92 Å². The van der Waals surface area contributed by atoms with Crippen LogP contribution in [-0.2, 0) is 4.79 Å². The number of amides is 1. The number of nitrogens with zero attached hydrogens (tertiary/aromatic N) is 4. The van der Waals surface area contributed by atoms with E-state index in [0.717, 1.165) is 33.8 Å². The van der Waals surface area contributed by atoms with Gasteiger partial charge in [0.05, 0.1) is 37.4 Å². The number of carbonyl (C=O) groups excluding carboxylic acids is 1. The van der Waals surface area contributed by atoms with Crippen molar-refractivity contribution in [2.24, 2.45) is 5.10 Å². The first-order valence-electron chi connectivity index (χ1n) is 11.4. The molecule has 7 nitrogen and oxygen atoms in total. The van der Waals surface area contributed by atoms with Gasteiger partial charge in [0.15, 0.2) is 11.5 Å². The number of hydrogen-bond donors (Lipinski definition) is 0. The van der Waals surface area contributed by atoms with Crippen LogP contribution in [0.3, 0.4) is 0 Å². The summed E-state index contributed by atoms with van der Waals surface area (Å²) < 4.78 is 12.7. The van der Waals surface area contributed by atoms with Crippen molar-refractivity contribution in [2.45, 2.75) is 19.4 Å². The molecule has 0 bridgehead atoms. The molecule has 1 amide bonds. The van der Waals surface area contributed by atoms with E-state index in [1.807, 2.05) is 89.7 Å². The third-order valence-corrected chi connectivity index (χ3v) is 6.12. The Balaban J connectivity index is 1.59. The highest BCUT2D eigenvalue weighted by Crippen LogP contribution is 2.39. The standard InChI is InChI=1S/C28H26N4O3/c1-19(33)32-25(17-24(29-32)21-14-15-26(34-2)27(16-21)35-3)23-18-31(22-12-8-5-9-13-22)30-28(23)20-10-6-4-7-11-20/h4-16,18,25H,17H2,1-3H3/t25-/m0/s1. The molecular weight excluding hydrogens is 440 g/mol. The van der Waals surface area contributed by atoms with E-state index in [9.17, 15) is 4.79 Å². The van der Waals surface area contributed by atoms with Crippen molar-refractivity contribution in [3.8, 4) is 28.4 Å². The summed E-state index contributed by atoms with van der Waals surface area (Å²) in [5.74, 6) is 1.13. The van der Waals surface area contributed by atoms with Crippen molar-refractivity contribution in [1.82, 2.24) is 14.8 Å². The lowest BCUT2D eigenvalue weighted by Gasteiger charge is -2.20. The van der Waals surface area contributed by atoms with Crippen molar-refractivity contribution in [2.75, 3.05) is 14.2 Å². The van der Waals surface area contributed by atoms with Crippen LogP contribution in [0.4, 0.5) is 0 Å². The predicted molar refractivity (Wildman–Crippen MR) is 135 cm³/mol. The summed E-state index contributed by atoms with van der Waals surface area (Å²) in [5.41, 5.74) is 5.39. The van der Waals surface area contributed by atoms with Gasteiger partial charge in [-0.05, 0) is 30.3 Å². The summed E-state index contributed by atoms with van der Waals surface area (Å²) >= 11 is 0. The number of methoxy groups -OCH3 is 2. The average Bonchev–Trinajstić information content (AvgIpc) is 3.54. The molecule has 0 saturated heterocycles. The van der Waals surface area contributed by atoms with Gasteiger partial charge in [-0.3, -0.25) is 4.79 Å². The maximum absolute atomic E-state index is 12.7. The van der Waals surface area contributed by atoms with Gasteiger partial charge < -0.3 is 9.47 Å². The minimum Gasteiger partial charge on any atom is -0.493 e. The van der Waals surface area contributed by atoms with Crippen molar-refractivity contribution in [1.29, 1.82) is 0 Å². The molecule has 1 atom stereocenters. The van der Waals surface area contributed by atoms with Gasteiger partial charge in [-0.15, -0.1) is 0 Å². The lowest BCUT2D eigenvalue weighted by Crippen LogP contribution is -2.24. The van der Waals surface area contributed by atoms with Crippen LogP contribution in [-0.4, -0.2) is 40.6 Å². The summed E-state index contributed by atoms with van der Waals surface area (Å²) in [5, 5.41) is 11.2. The Labute approximate surface area is 204 Å². The molecule has 1 aliphatic heterocycles. The Kier molecular flexibility index (Phi) is 6.06. The zero-order valence-corrected chi connectivity index (χ0v) is 19.9. The lowest BCUT2D eigenvalue weighted by molar-refractivity contribution is -0.130. The van der Waals surface area contributed by atoms with E-state index < -0.39 is 0 Å². The quantitative estimate of drug-likeness (QED) is 0.389. The largest absolute Gasteiger partial charge is 0.493 e. The maximum Gasteiger partial charge on any atom is 0.240 e. The molecule has 0 spiro atoms. The molecule has 2 heterocycles. The fourth-order valence-corrected chi connectivity index (χ4v) is 4.40.